The monoisotopic (exact) mass is 290 g/mol. The number of benzene rings is 2. The molecule has 0 spiro atoms. The molecule has 2 N–H and O–H groups in total. The number of amides is 1. The van der Waals surface area contributed by atoms with Crippen molar-refractivity contribution in [2.75, 3.05) is 6.54 Å². The molecule has 5 heteroatoms. The molecule has 2 aromatic rings. The number of carbonyl (C=O) groups excluding carboxylic acids is 1. The third-order valence-corrected chi connectivity index (χ3v) is 2.96. The largest absolute Gasteiger partial charge is 0.351 e. The minimum Gasteiger partial charge on any atom is -0.351 e. The molecule has 0 saturated carbocycles. The molecule has 0 heterocycles. The molecular weight excluding hydrogens is 274 g/mol. The molecule has 0 saturated heterocycles. The van der Waals surface area contributed by atoms with Crippen molar-refractivity contribution in [2.24, 2.45) is 0 Å². The van der Waals surface area contributed by atoms with E-state index < -0.39 is 0 Å². The number of hydrogen-bond acceptors (Lipinski definition) is 2. The van der Waals surface area contributed by atoms with Crippen LogP contribution >= 0.6 is 0 Å². The van der Waals surface area contributed by atoms with Gasteiger partial charge < -0.3 is 10.6 Å². The fraction of sp³-hybridized carbons (Fsp3) is 0.188. The number of carbonyl (C=O) groups is 1. The first-order chi connectivity index (χ1) is 10.1. The molecule has 0 radical (unpaired) electrons. The smallest absolute Gasteiger partial charge is 0.234 e. The lowest BCUT2D eigenvalue weighted by molar-refractivity contribution is -0.120. The van der Waals surface area contributed by atoms with E-state index in [4.69, 9.17) is 0 Å². The first kappa shape index (κ1) is 15.1. The van der Waals surface area contributed by atoms with Crippen LogP contribution in [0.15, 0.2) is 48.5 Å². The molecule has 110 valence electrons. The Balaban J connectivity index is 1.70. The second-order valence-electron chi connectivity index (χ2n) is 4.60. The number of nitrogens with one attached hydrogen (secondary N) is 2. The molecule has 0 aliphatic rings. The highest BCUT2D eigenvalue weighted by molar-refractivity contribution is 5.77. The molecule has 0 unspecified atom stereocenters. The van der Waals surface area contributed by atoms with E-state index in [0.717, 1.165) is 5.56 Å². The van der Waals surface area contributed by atoms with Crippen LogP contribution in [-0.2, 0) is 17.9 Å². The first-order valence-corrected chi connectivity index (χ1v) is 6.60. The zero-order valence-electron chi connectivity index (χ0n) is 11.4. The zero-order valence-corrected chi connectivity index (χ0v) is 11.4. The van der Waals surface area contributed by atoms with Gasteiger partial charge in [-0.3, -0.25) is 4.79 Å². The molecule has 1 amide bonds. The Morgan fingerprint density at radius 2 is 1.67 bits per heavy atom. The highest BCUT2D eigenvalue weighted by Gasteiger charge is 2.04. The Hall–Kier alpha value is -2.27. The third-order valence-electron chi connectivity index (χ3n) is 2.96. The summed E-state index contributed by atoms with van der Waals surface area (Å²) in [5.41, 5.74) is 1.34. The number of rotatable bonds is 6. The van der Waals surface area contributed by atoms with Gasteiger partial charge in [-0.1, -0.05) is 30.3 Å². The van der Waals surface area contributed by atoms with Crippen LogP contribution in [0.25, 0.3) is 0 Å². The Labute approximate surface area is 122 Å². The van der Waals surface area contributed by atoms with Gasteiger partial charge in [-0.05, 0) is 23.8 Å². The van der Waals surface area contributed by atoms with Crippen LogP contribution in [-0.4, -0.2) is 12.5 Å². The zero-order chi connectivity index (χ0) is 15.1. The Morgan fingerprint density at radius 3 is 2.38 bits per heavy atom. The summed E-state index contributed by atoms with van der Waals surface area (Å²) in [6.45, 7) is 0.739. The maximum atomic E-state index is 13.3. The van der Waals surface area contributed by atoms with Crippen molar-refractivity contribution in [1.29, 1.82) is 0 Å². The molecule has 0 fully saturated rings. The third kappa shape index (κ3) is 4.96. The van der Waals surface area contributed by atoms with Crippen molar-refractivity contribution >= 4 is 5.91 Å². The van der Waals surface area contributed by atoms with Crippen molar-refractivity contribution in [2.45, 2.75) is 13.1 Å². The minimum atomic E-state index is -0.336. The van der Waals surface area contributed by atoms with E-state index in [2.05, 4.69) is 10.6 Å². The lowest BCUT2D eigenvalue weighted by Crippen LogP contribution is -2.33. The average molecular weight is 290 g/mol. The van der Waals surface area contributed by atoms with Gasteiger partial charge in [0.2, 0.25) is 5.91 Å². The van der Waals surface area contributed by atoms with Crippen LogP contribution in [0, 0.1) is 11.6 Å². The molecule has 0 aliphatic heterocycles. The fourth-order valence-corrected chi connectivity index (χ4v) is 1.82. The van der Waals surface area contributed by atoms with Crippen molar-refractivity contribution in [1.82, 2.24) is 10.6 Å². The van der Waals surface area contributed by atoms with Crippen LogP contribution in [0.3, 0.4) is 0 Å². The molecule has 21 heavy (non-hydrogen) atoms. The van der Waals surface area contributed by atoms with Gasteiger partial charge in [0, 0.05) is 18.7 Å². The predicted octanol–water partition coefficient (Wildman–Crippen LogP) is 2.37. The van der Waals surface area contributed by atoms with Crippen molar-refractivity contribution in [3.05, 3.63) is 71.3 Å². The van der Waals surface area contributed by atoms with Gasteiger partial charge in [-0.25, -0.2) is 8.78 Å². The van der Waals surface area contributed by atoms with Gasteiger partial charge in [-0.15, -0.1) is 0 Å². The summed E-state index contributed by atoms with van der Waals surface area (Å²) in [5.74, 6) is -0.848. The maximum Gasteiger partial charge on any atom is 0.234 e. The first-order valence-electron chi connectivity index (χ1n) is 6.60. The summed E-state index contributed by atoms with van der Waals surface area (Å²) < 4.78 is 26.1. The van der Waals surface area contributed by atoms with Gasteiger partial charge in [0.15, 0.2) is 0 Å². The molecular formula is C16H16F2N2O. The van der Waals surface area contributed by atoms with Crippen molar-refractivity contribution < 1.29 is 13.6 Å². The highest BCUT2D eigenvalue weighted by Crippen LogP contribution is 2.05. The van der Waals surface area contributed by atoms with Crippen molar-refractivity contribution in [3.8, 4) is 0 Å². The lowest BCUT2D eigenvalue weighted by atomic mass is 10.2. The van der Waals surface area contributed by atoms with E-state index in [1.54, 1.807) is 30.3 Å². The van der Waals surface area contributed by atoms with E-state index in [9.17, 15) is 13.6 Å². The SMILES string of the molecule is O=C(CNCc1ccc(F)cc1)NCc1ccccc1F. The van der Waals surface area contributed by atoms with E-state index >= 15 is 0 Å². The Bertz CT molecular complexity index is 599. The van der Waals surface area contributed by atoms with E-state index in [0.29, 0.717) is 12.1 Å². The molecule has 2 rings (SSSR count). The van der Waals surface area contributed by atoms with Crippen molar-refractivity contribution in [3.63, 3.8) is 0 Å². The molecule has 2 aromatic carbocycles. The molecule has 0 atom stereocenters. The van der Waals surface area contributed by atoms with Gasteiger partial charge in [0.25, 0.3) is 0 Å². The molecule has 0 aromatic heterocycles. The van der Waals surface area contributed by atoms with Gasteiger partial charge in [0.05, 0.1) is 6.54 Å². The maximum absolute atomic E-state index is 13.3. The van der Waals surface area contributed by atoms with Crippen LogP contribution in [0.2, 0.25) is 0 Å². The summed E-state index contributed by atoms with van der Waals surface area (Å²) in [6, 6.07) is 12.3. The summed E-state index contributed by atoms with van der Waals surface area (Å²) in [6.07, 6.45) is 0. The van der Waals surface area contributed by atoms with Gasteiger partial charge in [0.1, 0.15) is 11.6 Å². The second kappa shape index (κ2) is 7.50. The van der Waals surface area contributed by atoms with E-state index in [-0.39, 0.29) is 30.6 Å². The standard InChI is InChI=1S/C16H16F2N2O/c17-14-7-5-12(6-8-14)9-19-11-16(21)20-10-13-3-1-2-4-15(13)18/h1-8,19H,9-11H2,(H,20,21). The average Bonchev–Trinajstić information content (AvgIpc) is 2.48. The predicted molar refractivity (Wildman–Crippen MR) is 76.4 cm³/mol. The van der Waals surface area contributed by atoms with E-state index in [1.165, 1.54) is 18.2 Å². The summed E-state index contributed by atoms with van der Waals surface area (Å²) in [4.78, 5) is 11.6. The lowest BCUT2D eigenvalue weighted by Gasteiger charge is -2.07. The number of halogens is 2. The van der Waals surface area contributed by atoms with Gasteiger partial charge in [-0.2, -0.15) is 0 Å². The summed E-state index contributed by atoms with van der Waals surface area (Å²) >= 11 is 0. The molecule has 0 bridgehead atoms. The number of hydrogen-bond donors (Lipinski definition) is 2. The van der Waals surface area contributed by atoms with Gasteiger partial charge >= 0.3 is 0 Å². The topological polar surface area (TPSA) is 41.1 Å². The Morgan fingerprint density at radius 1 is 0.952 bits per heavy atom. The fourth-order valence-electron chi connectivity index (χ4n) is 1.82. The molecule has 3 nitrogen and oxygen atoms in total. The van der Waals surface area contributed by atoms with Crippen LogP contribution in [0.5, 0.6) is 0 Å². The summed E-state index contributed by atoms with van der Waals surface area (Å²) in [5, 5.41) is 5.58. The normalized spacial score (nSPS) is 10.4. The molecule has 0 aliphatic carbocycles. The summed E-state index contributed by atoms with van der Waals surface area (Å²) in [7, 11) is 0. The second-order valence-corrected chi connectivity index (χ2v) is 4.60. The minimum absolute atomic E-state index is 0.117. The quantitative estimate of drug-likeness (QED) is 0.857. The van der Waals surface area contributed by atoms with Crippen LogP contribution < -0.4 is 10.6 Å². The Kier molecular flexibility index (Phi) is 5.40. The highest BCUT2D eigenvalue weighted by atomic mass is 19.1. The van der Waals surface area contributed by atoms with E-state index in [1.807, 2.05) is 0 Å². The van der Waals surface area contributed by atoms with Crippen LogP contribution in [0.1, 0.15) is 11.1 Å². The van der Waals surface area contributed by atoms with Crippen LogP contribution in [0.4, 0.5) is 8.78 Å².